The van der Waals surface area contributed by atoms with Gasteiger partial charge in [0.05, 0.1) is 11.1 Å². The summed E-state index contributed by atoms with van der Waals surface area (Å²) >= 11 is 0. The highest BCUT2D eigenvalue weighted by Gasteiger charge is 2.29. The van der Waals surface area contributed by atoms with Gasteiger partial charge < -0.3 is 20.7 Å². The number of nitrogens with one attached hydrogen (secondary N) is 1. The van der Waals surface area contributed by atoms with Crippen molar-refractivity contribution in [2.45, 2.75) is 45.8 Å². The van der Waals surface area contributed by atoms with Crippen molar-refractivity contribution in [2.24, 2.45) is 11.7 Å². The molecule has 0 aliphatic carbocycles. The molecule has 2 heterocycles. The van der Waals surface area contributed by atoms with Gasteiger partial charge in [0.15, 0.2) is 0 Å². The molecule has 7 nitrogen and oxygen atoms in total. The molecule has 1 fully saturated rings. The third-order valence-corrected chi connectivity index (χ3v) is 4.73. The number of carbonyl (C=O) groups is 2. The molecule has 1 saturated heterocycles. The molecule has 0 spiro atoms. The Balaban J connectivity index is 1.86. The van der Waals surface area contributed by atoms with Crippen LogP contribution in [0.4, 0.5) is 10.5 Å². The second-order valence-corrected chi connectivity index (χ2v) is 8.49. The van der Waals surface area contributed by atoms with E-state index in [0.29, 0.717) is 23.5 Å². The summed E-state index contributed by atoms with van der Waals surface area (Å²) in [5.74, 6) is -0.108. The normalized spacial score (nSPS) is 20.1. The van der Waals surface area contributed by atoms with Crippen molar-refractivity contribution in [1.29, 1.82) is 0 Å². The molecule has 1 aliphatic rings. The molecular formula is C21H28N4O3. The minimum atomic E-state index is -0.531. The first-order valence-corrected chi connectivity index (χ1v) is 9.56. The maximum absolute atomic E-state index is 12.2. The minimum Gasteiger partial charge on any atom is -0.444 e. The van der Waals surface area contributed by atoms with E-state index in [-0.39, 0.29) is 6.04 Å². The van der Waals surface area contributed by atoms with Gasteiger partial charge in [-0.15, -0.1) is 0 Å². The Morgan fingerprint density at radius 2 is 2.00 bits per heavy atom. The SMILES string of the molecule is C[C@H]1C[C@@H](NC(=O)OC(C)(C)C)CN(c2ccc(C(N)=O)c3ncccc23)C1. The number of ether oxygens (including phenoxy) is 1. The Morgan fingerprint density at radius 1 is 1.25 bits per heavy atom. The van der Waals surface area contributed by atoms with Gasteiger partial charge in [0.2, 0.25) is 0 Å². The zero-order valence-corrected chi connectivity index (χ0v) is 16.9. The van der Waals surface area contributed by atoms with Gasteiger partial charge >= 0.3 is 6.09 Å². The molecule has 1 aromatic carbocycles. The van der Waals surface area contributed by atoms with E-state index >= 15 is 0 Å². The first-order valence-electron chi connectivity index (χ1n) is 9.56. The number of hydrogen-bond acceptors (Lipinski definition) is 5. The molecule has 3 N–H and O–H groups in total. The molecule has 2 atom stereocenters. The van der Waals surface area contributed by atoms with Crippen LogP contribution in [0.2, 0.25) is 0 Å². The topological polar surface area (TPSA) is 97.5 Å². The van der Waals surface area contributed by atoms with E-state index in [1.165, 1.54) is 0 Å². The molecule has 0 bridgehead atoms. The van der Waals surface area contributed by atoms with Crippen LogP contribution in [0.15, 0.2) is 30.5 Å². The van der Waals surface area contributed by atoms with E-state index in [2.05, 4.69) is 22.1 Å². The van der Waals surface area contributed by atoms with Gasteiger partial charge in [-0.25, -0.2) is 4.79 Å². The van der Waals surface area contributed by atoms with Crippen LogP contribution in [0.1, 0.15) is 44.5 Å². The lowest BCUT2D eigenvalue weighted by atomic mass is 9.94. The summed E-state index contributed by atoms with van der Waals surface area (Å²) in [5, 5.41) is 3.87. The molecule has 7 heteroatoms. The third-order valence-electron chi connectivity index (χ3n) is 4.73. The fourth-order valence-corrected chi connectivity index (χ4v) is 3.76. The van der Waals surface area contributed by atoms with Gasteiger partial charge in [-0.1, -0.05) is 6.92 Å². The van der Waals surface area contributed by atoms with Crippen LogP contribution in [0, 0.1) is 5.92 Å². The predicted molar refractivity (Wildman–Crippen MR) is 109 cm³/mol. The lowest BCUT2D eigenvalue weighted by Gasteiger charge is -2.39. The van der Waals surface area contributed by atoms with E-state index in [4.69, 9.17) is 10.5 Å². The highest BCUT2D eigenvalue weighted by Crippen LogP contribution is 2.31. The molecule has 150 valence electrons. The standard InChI is InChI=1S/C21H28N4O3/c1-13-10-14(24-20(27)28-21(2,3)4)12-25(11-13)17-8-7-16(19(22)26)18-15(17)6-5-9-23-18/h5-9,13-14H,10-12H2,1-4H3,(H2,22,26)(H,24,27)/t13-,14+/m0/s1. The Kier molecular flexibility index (Phi) is 5.45. The number of pyridine rings is 1. The summed E-state index contributed by atoms with van der Waals surface area (Å²) in [6.07, 6.45) is 2.14. The molecule has 1 aliphatic heterocycles. The number of fused-ring (bicyclic) bond motifs is 1. The van der Waals surface area contributed by atoms with Crippen molar-refractivity contribution in [3.05, 3.63) is 36.0 Å². The molecule has 0 unspecified atom stereocenters. The first kappa shape index (κ1) is 19.9. The van der Waals surface area contributed by atoms with Crippen molar-refractivity contribution in [3.8, 4) is 0 Å². The number of rotatable bonds is 3. The average molecular weight is 384 g/mol. The van der Waals surface area contributed by atoms with Crippen molar-refractivity contribution < 1.29 is 14.3 Å². The molecule has 0 radical (unpaired) electrons. The number of piperidine rings is 1. The number of nitrogens with zero attached hydrogens (tertiary/aromatic N) is 2. The quantitative estimate of drug-likeness (QED) is 0.847. The Bertz CT molecular complexity index is 891. The summed E-state index contributed by atoms with van der Waals surface area (Å²) in [7, 11) is 0. The molecule has 2 aromatic rings. The average Bonchev–Trinajstić information content (AvgIpc) is 2.58. The van der Waals surface area contributed by atoms with Crippen LogP contribution in [0.3, 0.4) is 0 Å². The van der Waals surface area contributed by atoms with Crippen LogP contribution in [0.25, 0.3) is 10.9 Å². The lowest BCUT2D eigenvalue weighted by Crippen LogP contribution is -2.51. The van der Waals surface area contributed by atoms with Crippen LogP contribution in [-0.4, -0.2) is 41.7 Å². The number of amides is 2. The molecule has 0 saturated carbocycles. The lowest BCUT2D eigenvalue weighted by molar-refractivity contribution is 0.0495. The third kappa shape index (κ3) is 4.52. The zero-order chi connectivity index (χ0) is 20.5. The van der Waals surface area contributed by atoms with Gasteiger partial charge in [-0.3, -0.25) is 9.78 Å². The summed E-state index contributed by atoms with van der Waals surface area (Å²) < 4.78 is 5.40. The van der Waals surface area contributed by atoms with E-state index in [1.54, 1.807) is 12.3 Å². The molecule has 28 heavy (non-hydrogen) atoms. The fraction of sp³-hybridized carbons (Fsp3) is 0.476. The van der Waals surface area contributed by atoms with Gasteiger partial charge in [0.1, 0.15) is 5.60 Å². The van der Waals surface area contributed by atoms with Crippen LogP contribution in [-0.2, 0) is 4.74 Å². The monoisotopic (exact) mass is 384 g/mol. The summed E-state index contributed by atoms with van der Waals surface area (Å²) in [6.45, 7) is 9.22. The van der Waals surface area contributed by atoms with Crippen molar-refractivity contribution in [2.75, 3.05) is 18.0 Å². The van der Waals surface area contributed by atoms with Gasteiger partial charge in [0, 0.05) is 36.4 Å². The largest absolute Gasteiger partial charge is 0.444 e. The number of anilines is 1. The number of nitrogens with two attached hydrogens (primary N) is 1. The summed E-state index contributed by atoms with van der Waals surface area (Å²) in [6, 6.07) is 7.40. The number of benzene rings is 1. The van der Waals surface area contributed by atoms with Gasteiger partial charge in [0.25, 0.3) is 5.91 Å². The summed E-state index contributed by atoms with van der Waals surface area (Å²) in [4.78, 5) is 30.5. The number of aromatic nitrogens is 1. The molecule has 1 aromatic heterocycles. The number of alkyl carbamates (subject to hydrolysis) is 1. The van der Waals surface area contributed by atoms with Crippen LogP contribution < -0.4 is 16.0 Å². The molecule has 2 amide bonds. The first-order chi connectivity index (χ1) is 13.1. The molecular weight excluding hydrogens is 356 g/mol. The van der Waals surface area contributed by atoms with Crippen LogP contribution in [0.5, 0.6) is 0 Å². The van der Waals surface area contributed by atoms with Crippen molar-refractivity contribution >= 4 is 28.6 Å². The number of primary amides is 1. The number of carbonyl (C=O) groups excluding carboxylic acids is 2. The van der Waals surface area contributed by atoms with Gasteiger partial charge in [-0.05, 0) is 57.4 Å². The van der Waals surface area contributed by atoms with Gasteiger partial charge in [-0.2, -0.15) is 0 Å². The zero-order valence-electron chi connectivity index (χ0n) is 16.9. The Morgan fingerprint density at radius 3 is 2.68 bits per heavy atom. The fourth-order valence-electron chi connectivity index (χ4n) is 3.76. The minimum absolute atomic E-state index is 0.0267. The maximum Gasteiger partial charge on any atom is 0.407 e. The predicted octanol–water partition coefficient (Wildman–Crippen LogP) is 3.07. The summed E-state index contributed by atoms with van der Waals surface area (Å²) in [5.41, 5.74) is 6.96. The second kappa shape index (κ2) is 7.66. The van der Waals surface area contributed by atoms with E-state index in [0.717, 1.165) is 24.0 Å². The van der Waals surface area contributed by atoms with E-state index in [1.807, 2.05) is 39.0 Å². The van der Waals surface area contributed by atoms with Crippen molar-refractivity contribution in [3.63, 3.8) is 0 Å². The Hall–Kier alpha value is -2.83. The highest BCUT2D eigenvalue weighted by molar-refractivity contribution is 6.08. The van der Waals surface area contributed by atoms with E-state index in [9.17, 15) is 9.59 Å². The number of hydrogen-bond donors (Lipinski definition) is 2. The van der Waals surface area contributed by atoms with Crippen molar-refractivity contribution in [1.82, 2.24) is 10.3 Å². The molecule has 3 rings (SSSR count). The van der Waals surface area contributed by atoms with E-state index < -0.39 is 17.6 Å². The second-order valence-electron chi connectivity index (χ2n) is 8.49. The smallest absolute Gasteiger partial charge is 0.407 e. The Labute approximate surface area is 165 Å². The maximum atomic E-state index is 12.2. The highest BCUT2D eigenvalue weighted by atomic mass is 16.6. The van der Waals surface area contributed by atoms with Crippen LogP contribution >= 0.6 is 0 Å².